The van der Waals surface area contributed by atoms with Crippen molar-refractivity contribution in [2.24, 2.45) is 11.3 Å². The Labute approximate surface area is 199 Å². The molecule has 1 unspecified atom stereocenters. The second kappa shape index (κ2) is 13.1. The first-order chi connectivity index (χ1) is 15.6. The van der Waals surface area contributed by atoms with E-state index in [1.807, 2.05) is 51.1 Å². The summed E-state index contributed by atoms with van der Waals surface area (Å²) in [6, 6.07) is 8.67. The van der Waals surface area contributed by atoms with Crippen LogP contribution < -0.4 is 16.0 Å². The third kappa shape index (κ3) is 9.82. The van der Waals surface area contributed by atoms with Gasteiger partial charge in [0, 0.05) is 6.54 Å². The van der Waals surface area contributed by atoms with Crippen LogP contribution in [0.3, 0.4) is 0 Å². The lowest BCUT2D eigenvalue weighted by Gasteiger charge is -2.33. The van der Waals surface area contributed by atoms with Crippen LogP contribution in [0.25, 0.3) is 0 Å². The third-order valence-electron chi connectivity index (χ3n) is 6.00. The average Bonchev–Trinajstić information content (AvgIpc) is 3.24. The van der Waals surface area contributed by atoms with Crippen molar-refractivity contribution in [2.75, 3.05) is 32.7 Å². The van der Waals surface area contributed by atoms with Gasteiger partial charge in [0.25, 0.3) is 0 Å². The molecular weight excluding hydrogens is 416 g/mol. The molecule has 1 heterocycles. The molecule has 0 radical (unpaired) electrons. The van der Waals surface area contributed by atoms with E-state index in [9.17, 15) is 14.7 Å². The fourth-order valence-electron chi connectivity index (χ4n) is 4.11. The van der Waals surface area contributed by atoms with Crippen molar-refractivity contribution in [2.45, 2.75) is 72.1 Å². The van der Waals surface area contributed by atoms with E-state index < -0.39 is 23.6 Å². The molecule has 1 fully saturated rings. The molecule has 7 nitrogen and oxygen atoms in total. The summed E-state index contributed by atoms with van der Waals surface area (Å²) in [6.45, 7) is 13.4. The highest BCUT2D eigenvalue weighted by atomic mass is 16.3. The maximum absolute atomic E-state index is 13.4. The predicted molar refractivity (Wildman–Crippen MR) is 133 cm³/mol. The second-order valence-electron chi connectivity index (χ2n) is 10.8. The topological polar surface area (TPSA) is 93.7 Å². The molecule has 1 saturated heterocycles. The number of rotatable bonds is 12. The minimum Gasteiger partial charge on any atom is -0.390 e. The number of aliphatic hydroxyl groups is 1. The number of carbonyl (C=O) groups is 2. The molecule has 1 aliphatic rings. The van der Waals surface area contributed by atoms with Gasteiger partial charge in [-0.3, -0.25) is 14.5 Å². The molecule has 0 spiro atoms. The Kier molecular flexibility index (Phi) is 10.8. The molecule has 0 saturated carbocycles. The zero-order valence-electron chi connectivity index (χ0n) is 21.1. The lowest BCUT2D eigenvalue weighted by atomic mass is 9.85. The number of benzene rings is 1. The fraction of sp³-hybridized carbons (Fsp3) is 0.692. The van der Waals surface area contributed by atoms with Gasteiger partial charge >= 0.3 is 0 Å². The SMILES string of the molecule is CC(C)CNC[C@@H](O)C(Cc1ccccc1)NC(=O)[C@@H](NC(=O)CN1CCCC1)C(C)(C)C. The van der Waals surface area contributed by atoms with Gasteiger partial charge in [-0.2, -0.15) is 0 Å². The normalized spacial score (nSPS) is 17.5. The summed E-state index contributed by atoms with van der Waals surface area (Å²) >= 11 is 0. The Bertz CT molecular complexity index is 727. The van der Waals surface area contributed by atoms with Crippen LogP contribution in [0, 0.1) is 11.3 Å². The maximum Gasteiger partial charge on any atom is 0.243 e. The monoisotopic (exact) mass is 460 g/mol. The maximum atomic E-state index is 13.4. The molecular formula is C26H44N4O3. The number of hydrogen-bond donors (Lipinski definition) is 4. The smallest absolute Gasteiger partial charge is 0.243 e. The standard InChI is InChI=1S/C26H44N4O3/c1-19(2)16-27-17-22(31)21(15-20-11-7-6-8-12-20)28-25(33)24(26(3,4)5)29-23(32)18-30-13-9-10-14-30/h6-8,11-12,19,21-22,24,27,31H,9-10,13-18H2,1-5H3,(H,28,33)(H,29,32)/t21?,22-,24-/m1/s1. The predicted octanol–water partition coefficient (Wildman–Crippen LogP) is 1.95. The quantitative estimate of drug-likeness (QED) is 0.383. The molecule has 1 aromatic rings. The molecule has 33 heavy (non-hydrogen) atoms. The van der Waals surface area contributed by atoms with E-state index in [1.165, 1.54) is 0 Å². The zero-order valence-corrected chi connectivity index (χ0v) is 21.1. The van der Waals surface area contributed by atoms with E-state index in [-0.39, 0.29) is 11.8 Å². The van der Waals surface area contributed by atoms with Crippen LogP contribution in [0.2, 0.25) is 0 Å². The molecule has 2 amide bonds. The highest BCUT2D eigenvalue weighted by Gasteiger charge is 2.35. The van der Waals surface area contributed by atoms with Crippen molar-refractivity contribution in [3.63, 3.8) is 0 Å². The van der Waals surface area contributed by atoms with Crippen molar-refractivity contribution in [3.05, 3.63) is 35.9 Å². The Hall–Kier alpha value is -1.96. The molecule has 3 atom stereocenters. The van der Waals surface area contributed by atoms with Crippen LogP contribution in [0.1, 0.15) is 53.0 Å². The Balaban J connectivity index is 2.08. The zero-order chi connectivity index (χ0) is 24.4. The van der Waals surface area contributed by atoms with Crippen LogP contribution in [0.5, 0.6) is 0 Å². The summed E-state index contributed by atoms with van der Waals surface area (Å²) in [6.07, 6.45) is 1.98. The van der Waals surface area contributed by atoms with Crippen LogP contribution in [0.4, 0.5) is 0 Å². The Morgan fingerprint density at radius 2 is 1.67 bits per heavy atom. The highest BCUT2D eigenvalue weighted by Crippen LogP contribution is 2.20. The van der Waals surface area contributed by atoms with Crippen molar-refractivity contribution < 1.29 is 14.7 Å². The molecule has 4 N–H and O–H groups in total. The largest absolute Gasteiger partial charge is 0.390 e. The Morgan fingerprint density at radius 3 is 2.24 bits per heavy atom. The van der Waals surface area contributed by atoms with E-state index in [2.05, 4.69) is 34.7 Å². The van der Waals surface area contributed by atoms with E-state index in [0.717, 1.165) is 38.0 Å². The van der Waals surface area contributed by atoms with Gasteiger partial charge in [0.05, 0.1) is 18.7 Å². The first-order valence-electron chi connectivity index (χ1n) is 12.3. The van der Waals surface area contributed by atoms with E-state index in [1.54, 1.807) is 0 Å². The van der Waals surface area contributed by atoms with E-state index in [4.69, 9.17) is 0 Å². The summed E-state index contributed by atoms with van der Waals surface area (Å²) in [4.78, 5) is 28.2. The number of aliphatic hydroxyl groups excluding tert-OH is 1. The summed E-state index contributed by atoms with van der Waals surface area (Å²) < 4.78 is 0. The molecule has 0 aliphatic carbocycles. The van der Waals surface area contributed by atoms with E-state index >= 15 is 0 Å². The number of amides is 2. The van der Waals surface area contributed by atoms with Crippen LogP contribution in [0.15, 0.2) is 30.3 Å². The summed E-state index contributed by atoms with van der Waals surface area (Å²) in [7, 11) is 0. The average molecular weight is 461 g/mol. The van der Waals surface area contributed by atoms with E-state index in [0.29, 0.717) is 25.4 Å². The van der Waals surface area contributed by atoms with Gasteiger partial charge in [-0.25, -0.2) is 0 Å². The minimum absolute atomic E-state index is 0.134. The number of carbonyl (C=O) groups excluding carboxylic acids is 2. The number of nitrogens with zero attached hydrogens (tertiary/aromatic N) is 1. The highest BCUT2D eigenvalue weighted by molar-refractivity contribution is 5.89. The first-order valence-corrected chi connectivity index (χ1v) is 12.3. The number of likely N-dealkylation sites (tertiary alicyclic amines) is 1. The molecule has 1 aromatic carbocycles. The summed E-state index contributed by atoms with van der Waals surface area (Å²) in [5, 5.41) is 20.2. The number of nitrogens with one attached hydrogen (secondary N) is 3. The van der Waals surface area contributed by atoms with Crippen molar-refractivity contribution in [1.82, 2.24) is 20.9 Å². The molecule has 186 valence electrons. The van der Waals surface area contributed by atoms with Crippen LogP contribution in [-0.2, 0) is 16.0 Å². The summed E-state index contributed by atoms with van der Waals surface area (Å²) in [5.41, 5.74) is 0.569. The first kappa shape index (κ1) is 27.3. The van der Waals surface area contributed by atoms with Gasteiger partial charge in [0.2, 0.25) is 11.8 Å². The van der Waals surface area contributed by atoms with Crippen molar-refractivity contribution in [3.8, 4) is 0 Å². The van der Waals surface area contributed by atoms with Crippen molar-refractivity contribution in [1.29, 1.82) is 0 Å². The number of hydrogen-bond acceptors (Lipinski definition) is 5. The van der Waals surface area contributed by atoms with Gasteiger partial charge in [0.15, 0.2) is 0 Å². The molecule has 0 aromatic heterocycles. The molecule has 1 aliphatic heterocycles. The van der Waals surface area contributed by atoms with Crippen molar-refractivity contribution >= 4 is 11.8 Å². The summed E-state index contributed by atoms with van der Waals surface area (Å²) in [5.74, 6) is 0.0716. The fourth-order valence-corrected chi connectivity index (χ4v) is 4.11. The van der Waals surface area contributed by atoms with Gasteiger partial charge in [-0.1, -0.05) is 65.0 Å². The molecule has 7 heteroatoms. The van der Waals surface area contributed by atoms with Crippen LogP contribution >= 0.6 is 0 Å². The lowest BCUT2D eigenvalue weighted by Crippen LogP contribution is -2.59. The Morgan fingerprint density at radius 1 is 1.03 bits per heavy atom. The lowest BCUT2D eigenvalue weighted by molar-refractivity contribution is -0.133. The van der Waals surface area contributed by atoms with Gasteiger partial charge in [-0.15, -0.1) is 0 Å². The molecule has 0 bridgehead atoms. The van der Waals surface area contributed by atoms with Gasteiger partial charge in [0.1, 0.15) is 6.04 Å². The molecule has 2 rings (SSSR count). The third-order valence-corrected chi connectivity index (χ3v) is 6.00. The minimum atomic E-state index is -0.756. The van der Waals surface area contributed by atoms with Gasteiger partial charge in [-0.05, 0) is 55.8 Å². The second-order valence-corrected chi connectivity index (χ2v) is 10.8. The van der Waals surface area contributed by atoms with Crippen LogP contribution in [-0.4, -0.2) is 72.7 Å². The van der Waals surface area contributed by atoms with Gasteiger partial charge < -0.3 is 21.1 Å².